The van der Waals surface area contributed by atoms with Crippen molar-refractivity contribution in [2.75, 3.05) is 13.2 Å². The number of fused-ring (bicyclic) bond motifs is 3. The molecule has 32 heavy (non-hydrogen) atoms. The molecular formula is C28H28O4. The summed E-state index contributed by atoms with van der Waals surface area (Å²) in [5.41, 5.74) is 7.44. The lowest BCUT2D eigenvalue weighted by molar-refractivity contribution is -0.149. The van der Waals surface area contributed by atoms with Crippen LogP contribution >= 0.6 is 0 Å². The molecule has 0 radical (unpaired) electrons. The number of carboxylic acid groups (broad SMARTS) is 1. The van der Waals surface area contributed by atoms with Gasteiger partial charge in [-0.3, -0.25) is 0 Å². The van der Waals surface area contributed by atoms with E-state index < -0.39 is 12.1 Å². The highest BCUT2D eigenvalue weighted by atomic mass is 16.5. The van der Waals surface area contributed by atoms with Crippen LogP contribution in [0.2, 0.25) is 0 Å². The summed E-state index contributed by atoms with van der Waals surface area (Å²) in [5.74, 6) is -0.143. The molecule has 4 rings (SSSR count). The Hall–Kier alpha value is -3.37. The molecule has 1 aliphatic rings. The zero-order chi connectivity index (χ0) is 22.3. The van der Waals surface area contributed by atoms with Crippen LogP contribution in [0.4, 0.5) is 0 Å². The summed E-state index contributed by atoms with van der Waals surface area (Å²) in [5, 5.41) is 9.22. The number of carboxylic acids is 1. The Morgan fingerprint density at radius 1 is 0.906 bits per heavy atom. The van der Waals surface area contributed by atoms with E-state index in [1.165, 1.54) is 27.8 Å². The van der Waals surface area contributed by atoms with Crippen LogP contribution in [0.15, 0.2) is 78.9 Å². The van der Waals surface area contributed by atoms with Gasteiger partial charge in [0.1, 0.15) is 5.75 Å². The van der Waals surface area contributed by atoms with Crippen molar-refractivity contribution in [1.29, 1.82) is 0 Å². The fourth-order valence-electron chi connectivity index (χ4n) is 4.14. The number of rotatable bonds is 10. The highest BCUT2D eigenvalue weighted by molar-refractivity contribution is 6.01. The molecule has 4 nitrogen and oxygen atoms in total. The van der Waals surface area contributed by atoms with Crippen molar-refractivity contribution < 1.29 is 19.4 Å². The third-order valence-electron chi connectivity index (χ3n) is 5.68. The summed E-state index contributed by atoms with van der Waals surface area (Å²) < 4.78 is 11.2. The van der Waals surface area contributed by atoms with Crippen molar-refractivity contribution in [3.05, 3.63) is 95.6 Å². The maximum Gasteiger partial charge on any atom is 0.333 e. The number of benzene rings is 3. The summed E-state index contributed by atoms with van der Waals surface area (Å²) in [6.45, 7) is 2.81. The normalized spacial score (nSPS) is 12.7. The predicted octanol–water partition coefficient (Wildman–Crippen LogP) is 5.99. The molecule has 0 aliphatic heterocycles. The lowest BCUT2D eigenvalue weighted by Crippen LogP contribution is -2.26. The van der Waals surface area contributed by atoms with Crippen molar-refractivity contribution in [2.45, 2.75) is 32.3 Å². The Kier molecular flexibility index (Phi) is 7.03. The second-order valence-electron chi connectivity index (χ2n) is 7.83. The molecule has 1 atom stereocenters. The molecule has 0 saturated heterocycles. The smallest absolute Gasteiger partial charge is 0.333 e. The first-order valence-electron chi connectivity index (χ1n) is 11.1. The van der Waals surface area contributed by atoms with Crippen molar-refractivity contribution >= 4 is 11.5 Å². The molecule has 0 bridgehead atoms. The predicted molar refractivity (Wildman–Crippen MR) is 127 cm³/mol. The standard InChI is InChI=1S/C28H28O4/c1-2-31-27(28(29)30)19-20-14-16-21(17-15-20)32-18-8-7-13-26-24-11-5-3-9-22(24)23-10-4-6-12-25(23)26/h3-6,9-17,27H,2,7-8,18-19H2,1H3,(H,29,30). The highest BCUT2D eigenvalue weighted by Crippen LogP contribution is 2.43. The third-order valence-corrected chi connectivity index (χ3v) is 5.68. The van der Waals surface area contributed by atoms with E-state index in [0.29, 0.717) is 19.6 Å². The molecule has 0 spiro atoms. The first kappa shape index (κ1) is 21.8. The van der Waals surface area contributed by atoms with Gasteiger partial charge in [-0.2, -0.15) is 0 Å². The van der Waals surface area contributed by atoms with Crippen molar-refractivity contribution in [1.82, 2.24) is 0 Å². The van der Waals surface area contributed by atoms with Crippen LogP contribution in [-0.2, 0) is 16.0 Å². The van der Waals surface area contributed by atoms with Crippen molar-refractivity contribution in [3.63, 3.8) is 0 Å². The number of allylic oxidation sites excluding steroid dienone is 1. The quantitative estimate of drug-likeness (QED) is 0.315. The number of aliphatic carboxylic acids is 1. The van der Waals surface area contributed by atoms with E-state index in [0.717, 1.165) is 24.2 Å². The molecule has 0 aromatic heterocycles. The van der Waals surface area contributed by atoms with Crippen molar-refractivity contribution in [3.8, 4) is 16.9 Å². The monoisotopic (exact) mass is 428 g/mol. The van der Waals surface area contributed by atoms with Gasteiger partial charge >= 0.3 is 5.97 Å². The Morgan fingerprint density at radius 3 is 2.06 bits per heavy atom. The average Bonchev–Trinajstić information content (AvgIpc) is 3.13. The number of unbranched alkanes of at least 4 members (excludes halogenated alkanes) is 1. The molecule has 0 fully saturated rings. The van der Waals surface area contributed by atoms with Gasteiger partial charge in [-0.25, -0.2) is 4.79 Å². The molecule has 164 valence electrons. The van der Waals surface area contributed by atoms with Crippen LogP contribution in [0.5, 0.6) is 5.75 Å². The first-order chi connectivity index (χ1) is 15.7. The number of carbonyl (C=O) groups is 1. The van der Waals surface area contributed by atoms with Crippen LogP contribution in [0.25, 0.3) is 16.7 Å². The van der Waals surface area contributed by atoms with Gasteiger partial charge in [0, 0.05) is 13.0 Å². The van der Waals surface area contributed by atoms with Gasteiger partial charge < -0.3 is 14.6 Å². The summed E-state index contributed by atoms with van der Waals surface area (Å²) in [6.07, 6.45) is 3.70. The Balaban J connectivity index is 1.31. The molecule has 0 saturated carbocycles. The molecule has 0 amide bonds. The van der Waals surface area contributed by atoms with Gasteiger partial charge in [-0.1, -0.05) is 66.7 Å². The van der Waals surface area contributed by atoms with E-state index >= 15 is 0 Å². The Bertz CT molecular complexity index is 1050. The zero-order valence-corrected chi connectivity index (χ0v) is 18.3. The van der Waals surface area contributed by atoms with E-state index in [1.807, 2.05) is 24.3 Å². The summed E-state index contributed by atoms with van der Waals surface area (Å²) >= 11 is 0. The maximum absolute atomic E-state index is 11.2. The summed E-state index contributed by atoms with van der Waals surface area (Å²) in [6, 6.07) is 24.7. The second kappa shape index (κ2) is 10.3. The molecule has 3 aromatic carbocycles. The van der Waals surface area contributed by atoms with E-state index in [2.05, 4.69) is 54.6 Å². The second-order valence-corrected chi connectivity index (χ2v) is 7.83. The molecule has 3 aromatic rings. The minimum absolute atomic E-state index is 0.347. The fraction of sp³-hybridized carbons (Fsp3) is 0.250. The van der Waals surface area contributed by atoms with Gasteiger partial charge in [-0.05, 0) is 65.3 Å². The lowest BCUT2D eigenvalue weighted by Gasteiger charge is -2.13. The average molecular weight is 429 g/mol. The van der Waals surface area contributed by atoms with Crippen molar-refractivity contribution in [2.24, 2.45) is 0 Å². The molecule has 4 heteroatoms. The number of hydrogen-bond acceptors (Lipinski definition) is 3. The molecule has 1 aliphatic carbocycles. The SMILES string of the molecule is CCOC(Cc1ccc(OCCCC=C2c3ccccc3-c3ccccc32)cc1)C(=O)O. The number of hydrogen-bond donors (Lipinski definition) is 1. The van der Waals surface area contributed by atoms with Gasteiger partial charge in [0.15, 0.2) is 6.10 Å². The third kappa shape index (κ3) is 4.92. The zero-order valence-electron chi connectivity index (χ0n) is 18.3. The topological polar surface area (TPSA) is 55.8 Å². The van der Waals surface area contributed by atoms with E-state index in [9.17, 15) is 9.90 Å². The van der Waals surface area contributed by atoms with Crippen LogP contribution in [-0.4, -0.2) is 30.4 Å². The number of ether oxygens (including phenoxy) is 2. The Morgan fingerprint density at radius 2 is 1.50 bits per heavy atom. The van der Waals surface area contributed by atoms with E-state index in [-0.39, 0.29) is 0 Å². The summed E-state index contributed by atoms with van der Waals surface area (Å²) in [4.78, 5) is 11.2. The van der Waals surface area contributed by atoms with Gasteiger partial charge in [0.2, 0.25) is 0 Å². The van der Waals surface area contributed by atoms with E-state index in [1.54, 1.807) is 6.92 Å². The molecular weight excluding hydrogens is 400 g/mol. The first-order valence-corrected chi connectivity index (χ1v) is 11.1. The van der Waals surface area contributed by atoms with Gasteiger partial charge in [0.05, 0.1) is 6.61 Å². The van der Waals surface area contributed by atoms with Gasteiger partial charge in [-0.15, -0.1) is 0 Å². The largest absolute Gasteiger partial charge is 0.494 e. The van der Waals surface area contributed by atoms with Crippen LogP contribution in [0.1, 0.15) is 36.5 Å². The fourth-order valence-corrected chi connectivity index (χ4v) is 4.14. The molecule has 0 heterocycles. The molecule has 1 N–H and O–H groups in total. The van der Waals surface area contributed by atoms with Crippen LogP contribution in [0, 0.1) is 0 Å². The van der Waals surface area contributed by atoms with Gasteiger partial charge in [0.25, 0.3) is 0 Å². The highest BCUT2D eigenvalue weighted by Gasteiger charge is 2.21. The van der Waals surface area contributed by atoms with E-state index in [4.69, 9.17) is 9.47 Å². The Labute approximate surface area is 189 Å². The lowest BCUT2D eigenvalue weighted by atomic mass is 10.0. The maximum atomic E-state index is 11.2. The minimum Gasteiger partial charge on any atom is -0.494 e. The van der Waals surface area contributed by atoms with Crippen LogP contribution < -0.4 is 4.74 Å². The minimum atomic E-state index is -0.936. The van der Waals surface area contributed by atoms with Crippen LogP contribution in [0.3, 0.4) is 0 Å². The molecule has 1 unspecified atom stereocenters. The summed E-state index contributed by atoms with van der Waals surface area (Å²) in [7, 11) is 0.